The number of nitrogens with one attached hydrogen (secondary N) is 1. The molecule has 1 N–H and O–H groups in total. The molecule has 1 atom stereocenters. The van der Waals surface area contributed by atoms with Crippen LogP contribution in [0, 0.1) is 0 Å². The summed E-state index contributed by atoms with van der Waals surface area (Å²) in [5.74, 6) is 0.258. The molecule has 0 radical (unpaired) electrons. The van der Waals surface area contributed by atoms with Gasteiger partial charge in [0.05, 0.1) is 6.61 Å². The third-order valence-electron chi connectivity index (χ3n) is 2.99. The van der Waals surface area contributed by atoms with Crippen LogP contribution in [-0.4, -0.2) is 50.2 Å². The fourth-order valence-corrected chi connectivity index (χ4v) is 2.07. The molecule has 94 valence electrons. The van der Waals surface area contributed by atoms with E-state index >= 15 is 0 Å². The lowest BCUT2D eigenvalue weighted by Gasteiger charge is -2.25. The second kappa shape index (κ2) is 7.63. The minimum absolute atomic E-state index is 0.258. The van der Waals surface area contributed by atoms with Gasteiger partial charge in [-0.15, -0.1) is 0 Å². The summed E-state index contributed by atoms with van der Waals surface area (Å²) in [4.78, 5) is 13.8. The second-order valence-electron chi connectivity index (χ2n) is 4.38. The number of nitrogens with zero attached hydrogens (tertiary/aromatic N) is 1. The van der Waals surface area contributed by atoms with Crippen molar-refractivity contribution in [1.82, 2.24) is 10.2 Å². The lowest BCUT2D eigenvalue weighted by molar-refractivity contribution is -0.132. The average molecular weight is 228 g/mol. The summed E-state index contributed by atoms with van der Waals surface area (Å²) in [6, 6.07) is 0.484. The Labute approximate surface area is 98.3 Å². The SMILES string of the molecule is CCCC(=O)N(CCOC)CC1CCCN1. The zero-order valence-electron chi connectivity index (χ0n) is 10.5. The monoisotopic (exact) mass is 228 g/mol. The molecule has 1 amide bonds. The molecule has 0 spiro atoms. The molecule has 0 aromatic heterocycles. The van der Waals surface area contributed by atoms with Crippen LogP contribution in [0.3, 0.4) is 0 Å². The summed E-state index contributed by atoms with van der Waals surface area (Å²) in [5.41, 5.74) is 0. The maximum atomic E-state index is 11.9. The molecule has 0 saturated carbocycles. The highest BCUT2D eigenvalue weighted by molar-refractivity contribution is 5.76. The molecule has 16 heavy (non-hydrogen) atoms. The number of amides is 1. The van der Waals surface area contributed by atoms with Crippen molar-refractivity contribution in [3.63, 3.8) is 0 Å². The molecular weight excluding hydrogens is 204 g/mol. The number of hydrogen-bond donors (Lipinski definition) is 1. The van der Waals surface area contributed by atoms with Crippen LogP contribution in [0.2, 0.25) is 0 Å². The molecule has 1 aliphatic rings. The highest BCUT2D eigenvalue weighted by Crippen LogP contribution is 2.08. The first-order valence-corrected chi connectivity index (χ1v) is 6.28. The van der Waals surface area contributed by atoms with E-state index in [2.05, 4.69) is 5.32 Å². The number of carbonyl (C=O) groups excluding carboxylic acids is 1. The topological polar surface area (TPSA) is 41.6 Å². The van der Waals surface area contributed by atoms with Crippen LogP contribution in [-0.2, 0) is 9.53 Å². The number of rotatable bonds is 7. The minimum Gasteiger partial charge on any atom is -0.383 e. The van der Waals surface area contributed by atoms with Crippen LogP contribution in [0.4, 0.5) is 0 Å². The molecule has 0 aromatic carbocycles. The normalized spacial score (nSPS) is 20.0. The van der Waals surface area contributed by atoms with Gasteiger partial charge in [-0.25, -0.2) is 0 Å². The lowest BCUT2D eigenvalue weighted by atomic mass is 10.2. The summed E-state index contributed by atoms with van der Waals surface area (Å²) in [6.07, 6.45) is 3.98. The van der Waals surface area contributed by atoms with E-state index in [1.165, 1.54) is 12.8 Å². The Hall–Kier alpha value is -0.610. The zero-order valence-corrected chi connectivity index (χ0v) is 10.5. The Kier molecular flexibility index (Phi) is 6.42. The Bertz CT molecular complexity index is 203. The van der Waals surface area contributed by atoms with Gasteiger partial charge in [-0.3, -0.25) is 4.79 Å². The fourth-order valence-electron chi connectivity index (χ4n) is 2.07. The van der Waals surface area contributed by atoms with E-state index in [0.29, 0.717) is 25.6 Å². The van der Waals surface area contributed by atoms with Crippen LogP contribution in [0.1, 0.15) is 32.6 Å². The Morgan fingerprint density at radius 1 is 1.56 bits per heavy atom. The number of hydrogen-bond acceptors (Lipinski definition) is 3. The van der Waals surface area contributed by atoms with E-state index in [1.807, 2.05) is 11.8 Å². The molecule has 0 aliphatic carbocycles. The van der Waals surface area contributed by atoms with Gasteiger partial charge in [0.15, 0.2) is 0 Å². The van der Waals surface area contributed by atoms with Crippen molar-refractivity contribution in [2.24, 2.45) is 0 Å². The summed E-state index contributed by atoms with van der Waals surface area (Å²) in [6.45, 7) is 5.31. The highest BCUT2D eigenvalue weighted by atomic mass is 16.5. The molecule has 4 nitrogen and oxygen atoms in total. The predicted molar refractivity (Wildman–Crippen MR) is 64.4 cm³/mol. The van der Waals surface area contributed by atoms with Gasteiger partial charge in [0, 0.05) is 32.7 Å². The van der Waals surface area contributed by atoms with Crippen molar-refractivity contribution < 1.29 is 9.53 Å². The molecule has 0 bridgehead atoms. The lowest BCUT2D eigenvalue weighted by Crippen LogP contribution is -2.42. The first-order valence-electron chi connectivity index (χ1n) is 6.28. The first-order chi connectivity index (χ1) is 7.77. The first kappa shape index (κ1) is 13.5. The Morgan fingerprint density at radius 3 is 2.94 bits per heavy atom. The van der Waals surface area contributed by atoms with Crippen molar-refractivity contribution in [1.29, 1.82) is 0 Å². The van der Waals surface area contributed by atoms with Crippen LogP contribution < -0.4 is 5.32 Å². The van der Waals surface area contributed by atoms with E-state index in [-0.39, 0.29) is 5.91 Å². The minimum atomic E-state index is 0.258. The molecular formula is C12H24N2O2. The van der Waals surface area contributed by atoms with Crippen molar-refractivity contribution in [3.8, 4) is 0 Å². The quantitative estimate of drug-likeness (QED) is 0.707. The summed E-state index contributed by atoms with van der Waals surface area (Å²) in [7, 11) is 1.68. The van der Waals surface area contributed by atoms with E-state index in [0.717, 1.165) is 19.5 Å². The van der Waals surface area contributed by atoms with Gasteiger partial charge in [0.1, 0.15) is 0 Å². The van der Waals surface area contributed by atoms with Crippen molar-refractivity contribution in [3.05, 3.63) is 0 Å². The molecule has 1 saturated heterocycles. The van der Waals surface area contributed by atoms with Crippen LogP contribution in [0.5, 0.6) is 0 Å². The van der Waals surface area contributed by atoms with Crippen molar-refractivity contribution >= 4 is 5.91 Å². The Balaban J connectivity index is 2.38. The third kappa shape index (κ3) is 4.49. The maximum absolute atomic E-state index is 11.9. The smallest absolute Gasteiger partial charge is 0.222 e. The molecule has 0 aromatic rings. The van der Waals surface area contributed by atoms with Gasteiger partial charge < -0.3 is 15.0 Å². The van der Waals surface area contributed by atoms with Crippen molar-refractivity contribution in [2.45, 2.75) is 38.6 Å². The standard InChI is InChI=1S/C12H24N2O2/c1-3-5-12(15)14(8-9-16-2)10-11-6-4-7-13-11/h11,13H,3-10H2,1-2H3. The summed E-state index contributed by atoms with van der Waals surface area (Å²) < 4.78 is 5.05. The second-order valence-corrected chi connectivity index (χ2v) is 4.38. The van der Waals surface area contributed by atoms with Gasteiger partial charge in [-0.1, -0.05) is 6.92 Å². The fraction of sp³-hybridized carbons (Fsp3) is 0.917. The van der Waals surface area contributed by atoms with Gasteiger partial charge in [-0.2, -0.15) is 0 Å². The number of carbonyl (C=O) groups is 1. The Morgan fingerprint density at radius 2 is 2.38 bits per heavy atom. The van der Waals surface area contributed by atoms with Crippen LogP contribution in [0.25, 0.3) is 0 Å². The molecule has 1 unspecified atom stereocenters. The van der Waals surface area contributed by atoms with Gasteiger partial charge >= 0.3 is 0 Å². The van der Waals surface area contributed by atoms with E-state index in [1.54, 1.807) is 7.11 Å². The van der Waals surface area contributed by atoms with Crippen LogP contribution in [0.15, 0.2) is 0 Å². The number of methoxy groups -OCH3 is 1. The molecule has 1 aliphatic heterocycles. The predicted octanol–water partition coefficient (Wildman–Crippen LogP) is 1.01. The van der Waals surface area contributed by atoms with Gasteiger partial charge in [0.2, 0.25) is 5.91 Å². The van der Waals surface area contributed by atoms with E-state index in [4.69, 9.17) is 4.74 Å². The third-order valence-corrected chi connectivity index (χ3v) is 2.99. The van der Waals surface area contributed by atoms with Gasteiger partial charge in [0.25, 0.3) is 0 Å². The zero-order chi connectivity index (χ0) is 11.8. The molecule has 1 fully saturated rings. The molecule has 4 heteroatoms. The summed E-state index contributed by atoms with van der Waals surface area (Å²) >= 11 is 0. The van der Waals surface area contributed by atoms with E-state index in [9.17, 15) is 4.79 Å². The largest absolute Gasteiger partial charge is 0.383 e. The van der Waals surface area contributed by atoms with E-state index < -0.39 is 0 Å². The average Bonchev–Trinajstić information content (AvgIpc) is 2.77. The maximum Gasteiger partial charge on any atom is 0.222 e. The van der Waals surface area contributed by atoms with Gasteiger partial charge in [-0.05, 0) is 25.8 Å². The van der Waals surface area contributed by atoms with Crippen LogP contribution >= 0.6 is 0 Å². The summed E-state index contributed by atoms with van der Waals surface area (Å²) in [5, 5.41) is 3.43. The molecule has 1 rings (SSSR count). The highest BCUT2D eigenvalue weighted by Gasteiger charge is 2.20. The molecule has 1 heterocycles. The van der Waals surface area contributed by atoms with Crippen molar-refractivity contribution in [2.75, 3.05) is 33.4 Å². The number of ether oxygens (including phenoxy) is 1.